The second-order valence-corrected chi connectivity index (χ2v) is 6.42. The number of cyclic esters (lactones) is 1. The summed E-state index contributed by atoms with van der Waals surface area (Å²) < 4.78 is 16.6. The first kappa shape index (κ1) is 17.9. The summed E-state index contributed by atoms with van der Waals surface area (Å²) >= 11 is 3.37. The van der Waals surface area contributed by atoms with E-state index < -0.39 is 11.9 Å². The summed E-state index contributed by atoms with van der Waals surface area (Å²) in [5.41, 5.74) is 1.95. The van der Waals surface area contributed by atoms with E-state index in [-0.39, 0.29) is 0 Å². The number of rotatable bonds is 4. The topological polar surface area (TPSA) is 61.8 Å². The van der Waals surface area contributed by atoms with Crippen molar-refractivity contribution in [3.63, 3.8) is 0 Å². The number of hydrogen-bond acceptors (Lipinski definition) is 5. The van der Waals surface area contributed by atoms with Crippen LogP contribution >= 0.6 is 15.9 Å². The van der Waals surface area contributed by atoms with E-state index >= 15 is 0 Å². The number of carbonyl (C=O) groups excluding carboxylic acids is 2. The summed E-state index contributed by atoms with van der Waals surface area (Å²) in [6.07, 6.45) is 3.38. The van der Waals surface area contributed by atoms with E-state index in [2.05, 4.69) is 15.9 Å². The SMILES string of the molecule is COc1cc(/C=C2/C=C(c3ccc(Br)cc3)OC2=O)ccc1OC(C)=O. The summed E-state index contributed by atoms with van der Waals surface area (Å²) in [5, 5.41) is 0. The molecule has 2 aromatic rings. The van der Waals surface area contributed by atoms with Crippen LogP contribution in [-0.2, 0) is 14.3 Å². The zero-order valence-corrected chi connectivity index (χ0v) is 15.7. The Morgan fingerprint density at radius 3 is 2.50 bits per heavy atom. The van der Waals surface area contributed by atoms with Crippen LogP contribution in [0.5, 0.6) is 11.5 Å². The van der Waals surface area contributed by atoms with Gasteiger partial charge in [-0.1, -0.05) is 34.1 Å². The Kier molecular flexibility index (Phi) is 5.23. The third kappa shape index (κ3) is 4.03. The summed E-state index contributed by atoms with van der Waals surface area (Å²) in [6, 6.07) is 12.5. The molecule has 1 heterocycles. The molecule has 2 aromatic carbocycles. The van der Waals surface area contributed by atoms with Crippen LogP contribution in [0.25, 0.3) is 11.8 Å². The minimum atomic E-state index is -0.434. The maximum atomic E-state index is 12.1. The van der Waals surface area contributed by atoms with Crippen LogP contribution in [0.2, 0.25) is 0 Å². The van der Waals surface area contributed by atoms with Crippen molar-refractivity contribution in [2.75, 3.05) is 7.11 Å². The van der Waals surface area contributed by atoms with E-state index in [4.69, 9.17) is 14.2 Å². The molecule has 0 bridgehead atoms. The molecule has 0 fully saturated rings. The fourth-order valence-corrected chi connectivity index (χ4v) is 2.70. The monoisotopic (exact) mass is 414 g/mol. The van der Waals surface area contributed by atoms with Crippen molar-refractivity contribution >= 4 is 39.7 Å². The molecule has 6 heteroatoms. The molecular weight excluding hydrogens is 400 g/mol. The average molecular weight is 415 g/mol. The highest BCUT2D eigenvalue weighted by molar-refractivity contribution is 9.10. The zero-order valence-electron chi connectivity index (χ0n) is 14.1. The Balaban J connectivity index is 1.90. The molecule has 132 valence electrons. The molecule has 0 atom stereocenters. The second kappa shape index (κ2) is 7.58. The molecule has 0 unspecified atom stereocenters. The predicted octanol–water partition coefficient (Wildman–Crippen LogP) is 4.36. The van der Waals surface area contributed by atoms with Crippen molar-refractivity contribution in [3.05, 3.63) is 69.7 Å². The Morgan fingerprint density at radius 2 is 1.85 bits per heavy atom. The standard InChI is InChI=1S/C20H15BrO5/c1-12(22)25-17-8-3-13(10-19(17)24-2)9-15-11-18(26-20(15)23)14-4-6-16(21)7-5-14/h3-11H,1-2H3/b15-9-. The number of ether oxygens (including phenoxy) is 3. The average Bonchev–Trinajstić information content (AvgIpc) is 2.97. The van der Waals surface area contributed by atoms with Gasteiger partial charge in [-0.05, 0) is 42.0 Å². The van der Waals surface area contributed by atoms with Gasteiger partial charge in [0.1, 0.15) is 5.76 Å². The smallest absolute Gasteiger partial charge is 0.343 e. The second-order valence-electron chi connectivity index (χ2n) is 5.51. The lowest BCUT2D eigenvalue weighted by Crippen LogP contribution is -2.03. The molecule has 5 nitrogen and oxygen atoms in total. The quantitative estimate of drug-likeness (QED) is 0.422. The van der Waals surface area contributed by atoms with Crippen molar-refractivity contribution in [2.24, 2.45) is 0 Å². The van der Waals surface area contributed by atoms with E-state index in [1.165, 1.54) is 14.0 Å². The van der Waals surface area contributed by atoms with Gasteiger partial charge in [-0.3, -0.25) is 4.79 Å². The highest BCUT2D eigenvalue weighted by Crippen LogP contribution is 2.31. The summed E-state index contributed by atoms with van der Waals surface area (Å²) in [6.45, 7) is 1.32. The number of methoxy groups -OCH3 is 1. The van der Waals surface area contributed by atoms with Crippen LogP contribution in [0.3, 0.4) is 0 Å². The maximum absolute atomic E-state index is 12.1. The zero-order chi connectivity index (χ0) is 18.7. The molecule has 26 heavy (non-hydrogen) atoms. The molecule has 3 rings (SSSR count). The van der Waals surface area contributed by atoms with Gasteiger partial charge in [-0.25, -0.2) is 4.79 Å². The van der Waals surface area contributed by atoms with Crippen molar-refractivity contribution in [1.29, 1.82) is 0 Å². The van der Waals surface area contributed by atoms with E-state index in [1.807, 2.05) is 24.3 Å². The summed E-state index contributed by atoms with van der Waals surface area (Å²) in [7, 11) is 1.48. The van der Waals surface area contributed by atoms with Crippen LogP contribution in [0, 0.1) is 0 Å². The van der Waals surface area contributed by atoms with Crippen molar-refractivity contribution < 1.29 is 23.8 Å². The van der Waals surface area contributed by atoms with Crippen molar-refractivity contribution in [3.8, 4) is 11.5 Å². The van der Waals surface area contributed by atoms with E-state index in [0.717, 1.165) is 15.6 Å². The minimum Gasteiger partial charge on any atom is -0.493 e. The van der Waals surface area contributed by atoms with E-state index in [1.54, 1.807) is 30.4 Å². The fraction of sp³-hybridized carbons (Fsp3) is 0.100. The first-order chi connectivity index (χ1) is 12.5. The van der Waals surface area contributed by atoms with Gasteiger partial charge in [-0.2, -0.15) is 0 Å². The van der Waals surface area contributed by atoms with Gasteiger partial charge in [-0.15, -0.1) is 0 Å². The van der Waals surface area contributed by atoms with Gasteiger partial charge < -0.3 is 14.2 Å². The first-order valence-corrected chi connectivity index (χ1v) is 8.53. The van der Waals surface area contributed by atoms with Crippen LogP contribution in [-0.4, -0.2) is 19.0 Å². The largest absolute Gasteiger partial charge is 0.493 e. The minimum absolute atomic E-state index is 0.322. The number of benzene rings is 2. The third-order valence-electron chi connectivity index (χ3n) is 3.62. The number of halogens is 1. The third-order valence-corrected chi connectivity index (χ3v) is 4.15. The highest BCUT2D eigenvalue weighted by atomic mass is 79.9. The lowest BCUT2D eigenvalue weighted by molar-refractivity contribution is -0.132. The Morgan fingerprint density at radius 1 is 1.12 bits per heavy atom. The molecule has 0 N–H and O–H groups in total. The molecule has 0 spiro atoms. The van der Waals surface area contributed by atoms with Gasteiger partial charge in [0.25, 0.3) is 0 Å². The van der Waals surface area contributed by atoms with E-state index in [0.29, 0.717) is 22.8 Å². The molecule has 1 aliphatic rings. The number of esters is 2. The molecule has 0 radical (unpaired) electrons. The molecule has 1 aliphatic heterocycles. The molecule has 0 saturated heterocycles. The molecule has 0 saturated carbocycles. The Labute approximate surface area is 159 Å². The van der Waals surface area contributed by atoms with Crippen LogP contribution < -0.4 is 9.47 Å². The number of carbonyl (C=O) groups is 2. The van der Waals surface area contributed by atoms with Gasteiger partial charge in [0, 0.05) is 17.0 Å². The highest BCUT2D eigenvalue weighted by Gasteiger charge is 2.22. The van der Waals surface area contributed by atoms with Crippen molar-refractivity contribution in [1.82, 2.24) is 0 Å². The van der Waals surface area contributed by atoms with Gasteiger partial charge in [0.05, 0.1) is 12.7 Å². The van der Waals surface area contributed by atoms with Crippen LogP contribution in [0.15, 0.2) is 58.6 Å². The Hall–Kier alpha value is -2.86. The maximum Gasteiger partial charge on any atom is 0.343 e. The predicted molar refractivity (Wildman–Crippen MR) is 100 cm³/mol. The van der Waals surface area contributed by atoms with Crippen molar-refractivity contribution in [2.45, 2.75) is 6.92 Å². The molecule has 0 aromatic heterocycles. The number of hydrogen-bond donors (Lipinski definition) is 0. The molecular formula is C20H15BrO5. The van der Waals surface area contributed by atoms with Crippen LogP contribution in [0.1, 0.15) is 18.1 Å². The van der Waals surface area contributed by atoms with Gasteiger partial charge >= 0.3 is 11.9 Å². The molecule has 0 aliphatic carbocycles. The van der Waals surface area contributed by atoms with Gasteiger partial charge in [0.2, 0.25) is 0 Å². The molecule has 0 amide bonds. The lowest BCUT2D eigenvalue weighted by atomic mass is 10.1. The van der Waals surface area contributed by atoms with E-state index in [9.17, 15) is 9.59 Å². The summed E-state index contributed by atoms with van der Waals surface area (Å²) in [4.78, 5) is 23.3. The first-order valence-electron chi connectivity index (χ1n) is 7.74. The normalized spacial score (nSPS) is 14.8. The lowest BCUT2D eigenvalue weighted by Gasteiger charge is -2.08. The van der Waals surface area contributed by atoms with Gasteiger partial charge in [0.15, 0.2) is 11.5 Å². The Bertz CT molecular complexity index is 926. The summed E-state index contributed by atoms with van der Waals surface area (Å²) in [5.74, 6) is 0.360. The fourth-order valence-electron chi connectivity index (χ4n) is 2.44. The van der Waals surface area contributed by atoms with Crippen LogP contribution in [0.4, 0.5) is 0 Å².